The lowest BCUT2D eigenvalue weighted by molar-refractivity contribution is 0.428. The van der Waals surface area contributed by atoms with Gasteiger partial charge in [0.2, 0.25) is 0 Å². The van der Waals surface area contributed by atoms with Gasteiger partial charge in [0.25, 0.3) is 0 Å². The van der Waals surface area contributed by atoms with E-state index in [2.05, 4.69) is 21.5 Å². The summed E-state index contributed by atoms with van der Waals surface area (Å²) in [6.07, 6.45) is 1.78. The molecule has 0 bridgehead atoms. The first-order valence-corrected chi connectivity index (χ1v) is 8.70. The van der Waals surface area contributed by atoms with Gasteiger partial charge in [0.05, 0.1) is 21.1 Å². The van der Waals surface area contributed by atoms with Crippen molar-refractivity contribution in [1.29, 1.82) is 0 Å². The lowest BCUT2D eigenvalue weighted by Gasteiger charge is -2.06. The number of rotatable bonds is 4. The third-order valence-electron chi connectivity index (χ3n) is 3.65. The molecule has 124 valence electrons. The first kappa shape index (κ1) is 15.5. The van der Waals surface area contributed by atoms with Crippen molar-refractivity contribution in [2.45, 2.75) is 13.8 Å². The van der Waals surface area contributed by atoms with Gasteiger partial charge in [0.15, 0.2) is 5.76 Å². The summed E-state index contributed by atoms with van der Waals surface area (Å²) in [6, 6.07) is 15.9. The first-order valence-electron chi connectivity index (χ1n) is 7.88. The molecule has 0 saturated carbocycles. The topological polar surface area (TPSA) is 63.8 Å². The molecule has 0 aliphatic rings. The molecule has 6 heteroatoms. The summed E-state index contributed by atoms with van der Waals surface area (Å²) in [7, 11) is 0. The van der Waals surface area contributed by atoms with Gasteiger partial charge in [0.1, 0.15) is 11.6 Å². The number of hydrogen-bond acceptors (Lipinski definition) is 6. The van der Waals surface area contributed by atoms with E-state index in [1.165, 1.54) is 0 Å². The standard InChI is InChI=1S/C19H16N4OS/c1-12-8-9-20-19(10-12)22-18-5-3-4-14(21-18)16-6-7-17(25-16)15-11-13(2)23-24-15/h3-11H,1-2H3,(H,20,21,22). The summed E-state index contributed by atoms with van der Waals surface area (Å²) in [5, 5.41) is 7.19. The van der Waals surface area contributed by atoms with Crippen molar-refractivity contribution in [3.8, 4) is 21.2 Å². The van der Waals surface area contributed by atoms with E-state index in [-0.39, 0.29) is 0 Å². The van der Waals surface area contributed by atoms with Gasteiger partial charge >= 0.3 is 0 Å². The SMILES string of the molecule is Cc1ccnc(Nc2cccc(-c3ccc(-c4cc(C)no4)s3)n2)c1. The van der Waals surface area contributed by atoms with Gasteiger partial charge in [0, 0.05) is 12.3 Å². The molecule has 0 aliphatic carbocycles. The normalized spacial score (nSPS) is 10.8. The Balaban J connectivity index is 1.60. The molecule has 0 saturated heterocycles. The van der Waals surface area contributed by atoms with E-state index in [1.807, 2.05) is 56.3 Å². The molecule has 0 radical (unpaired) electrons. The zero-order valence-electron chi connectivity index (χ0n) is 13.9. The smallest absolute Gasteiger partial charge is 0.177 e. The lowest BCUT2D eigenvalue weighted by atomic mass is 10.3. The number of nitrogens with one attached hydrogen (secondary N) is 1. The Kier molecular flexibility index (Phi) is 4.03. The highest BCUT2D eigenvalue weighted by molar-refractivity contribution is 7.18. The van der Waals surface area contributed by atoms with Crippen LogP contribution in [0.4, 0.5) is 11.6 Å². The molecule has 25 heavy (non-hydrogen) atoms. The maximum Gasteiger partial charge on any atom is 0.177 e. The minimum Gasteiger partial charge on any atom is -0.355 e. The predicted molar refractivity (Wildman–Crippen MR) is 100 cm³/mol. The van der Waals surface area contributed by atoms with Crippen molar-refractivity contribution in [1.82, 2.24) is 15.1 Å². The first-order chi connectivity index (χ1) is 12.2. The summed E-state index contributed by atoms with van der Waals surface area (Å²) in [5.41, 5.74) is 2.93. The molecule has 1 N–H and O–H groups in total. The molecule has 0 aromatic carbocycles. The van der Waals surface area contributed by atoms with E-state index >= 15 is 0 Å². The molecule has 0 fully saturated rings. The van der Waals surface area contributed by atoms with Crippen LogP contribution in [0.1, 0.15) is 11.3 Å². The summed E-state index contributed by atoms with van der Waals surface area (Å²) in [4.78, 5) is 11.1. The summed E-state index contributed by atoms with van der Waals surface area (Å²) in [6.45, 7) is 3.95. The van der Waals surface area contributed by atoms with Gasteiger partial charge in [-0.2, -0.15) is 0 Å². The maximum atomic E-state index is 5.33. The van der Waals surface area contributed by atoms with Gasteiger partial charge in [-0.05, 0) is 55.8 Å². The summed E-state index contributed by atoms with van der Waals surface area (Å²) in [5.74, 6) is 2.33. The van der Waals surface area contributed by atoms with Crippen LogP contribution < -0.4 is 5.32 Å². The third kappa shape index (κ3) is 3.44. The quantitative estimate of drug-likeness (QED) is 0.548. The molecule has 0 unspecified atom stereocenters. The van der Waals surface area contributed by atoms with Crippen LogP contribution in [0.2, 0.25) is 0 Å². The van der Waals surface area contributed by atoms with Crippen LogP contribution in [0.5, 0.6) is 0 Å². The van der Waals surface area contributed by atoms with Crippen molar-refractivity contribution in [2.24, 2.45) is 0 Å². The van der Waals surface area contributed by atoms with Crippen LogP contribution in [0, 0.1) is 13.8 Å². The maximum absolute atomic E-state index is 5.33. The van der Waals surface area contributed by atoms with Crippen molar-refractivity contribution in [2.75, 3.05) is 5.32 Å². The second-order valence-electron chi connectivity index (χ2n) is 5.75. The van der Waals surface area contributed by atoms with Crippen molar-refractivity contribution >= 4 is 23.0 Å². The minimum atomic E-state index is 0.765. The number of thiophene rings is 1. The van der Waals surface area contributed by atoms with E-state index in [9.17, 15) is 0 Å². The second-order valence-corrected chi connectivity index (χ2v) is 6.83. The molecule has 4 rings (SSSR count). The fourth-order valence-electron chi connectivity index (χ4n) is 2.46. The molecule has 0 atom stereocenters. The van der Waals surface area contributed by atoms with Gasteiger partial charge in [-0.25, -0.2) is 9.97 Å². The molecule has 4 aromatic heterocycles. The van der Waals surface area contributed by atoms with E-state index in [0.29, 0.717) is 0 Å². The number of hydrogen-bond donors (Lipinski definition) is 1. The zero-order valence-corrected chi connectivity index (χ0v) is 14.7. The largest absolute Gasteiger partial charge is 0.355 e. The molecule has 4 heterocycles. The lowest BCUT2D eigenvalue weighted by Crippen LogP contribution is -1.96. The van der Waals surface area contributed by atoms with Crippen LogP contribution >= 0.6 is 11.3 Å². The Morgan fingerprint density at radius 1 is 0.960 bits per heavy atom. The average Bonchev–Trinajstić information content (AvgIpc) is 3.24. The molecule has 5 nitrogen and oxygen atoms in total. The van der Waals surface area contributed by atoms with Gasteiger partial charge in [-0.3, -0.25) is 0 Å². The van der Waals surface area contributed by atoms with Crippen LogP contribution in [0.15, 0.2) is 59.3 Å². The number of aromatic nitrogens is 3. The number of nitrogens with zero attached hydrogens (tertiary/aromatic N) is 3. The minimum absolute atomic E-state index is 0.765. The monoisotopic (exact) mass is 348 g/mol. The molecule has 0 amide bonds. The highest BCUT2D eigenvalue weighted by Crippen LogP contribution is 2.34. The molecular weight excluding hydrogens is 332 g/mol. The zero-order chi connectivity index (χ0) is 17.2. The highest BCUT2D eigenvalue weighted by Gasteiger charge is 2.10. The highest BCUT2D eigenvalue weighted by atomic mass is 32.1. The predicted octanol–water partition coefficient (Wildman–Crippen LogP) is 5.22. The van der Waals surface area contributed by atoms with E-state index in [1.54, 1.807) is 17.5 Å². The fraction of sp³-hybridized carbons (Fsp3) is 0.105. The van der Waals surface area contributed by atoms with Crippen molar-refractivity contribution in [3.05, 3.63) is 66.0 Å². The Labute approximate surface area is 149 Å². The van der Waals surface area contributed by atoms with E-state index in [4.69, 9.17) is 9.51 Å². The molecule has 0 aliphatic heterocycles. The van der Waals surface area contributed by atoms with Crippen LogP contribution in [-0.4, -0.2) is 15.1 Å². The molecular formula is C19H16N4OS. The summed E-state index contributed by atoms with van der Waals surface area (Å²) >= 11 is 1.63. The molecule has 4 aromatic rings. The fourth-order valence-corrected chi connectivity index (χ4v) is 3.39. The Morgan fingerprint density at radius 2 is 1.84 bits per heavy atom. The average molecular weight is 348 g/mol. The summed E-state index contributed by atoms with van der Waals surface area (Å²) < 4.78 is 5.33. The van der Waals surface area contributed by atoms with Gasteiger partial charge in [-0.1, -0.05) is 11.2 Å². The molecule has 0 spiro atoms. The van der Waals surface area contributed by atoms with Crippen molar-refractivity contribution < 1.29 is 4.52 Å². The van der Waals surface area contributed by atoms with E-state index < -0.39 is 0 Å². The van der Waals surface area contributed by atoms with Crippen LogP contribution in [0.25, 0.3) is 21.2 Å². The third-order valence-corrected chi connectivity index (χ3v) is 4.77. The van der Waals surface area contributed by atoms with Gasteiger partial charge < -0.3 is 9.84 Å². The van der Waals surface area contributed by atoms with E-state index in [0.717, 1.165) is 44.1 Å². The second kappa shape index (κ2) is 6.49. The van der Waals surface area contributed by atoms with Crippen molar-refractivity contribution in [3.63, 3.8) is 0 Å². The number of pyridine rings is 2. The number of aryl methyl sites for hydroxylation is 2. The Hall–Kier alpha value is -2.99. The Morgan fingerprint density at radius 3 is 2.64 bits per heavy atom. The van der Waals surface area contributed by atoms with Crippen LogP contribution in [-0.2, 0) is 0 Å². The Bertz CT molecular complexity index is 1020. The van der Waals surface area contributed by atoms with Crippen LogP contribution in [0.3, 0.4) is 0 Å². The van der Waals surface area contributed by atoms with Gasteiger partial charge in [-0.15, -0.1) is 11.3 Å². The number of anilines is 2.